The molecule has 1 heterocycles. The molecule has 0 amide bonds. The molecule has 1 aliphatic carbocycles. The minimum atomic E-state index is -0.186. The third-order valence-corrected chi connectivity index (χ3v) is 4.20. The van der Waals surface area contributed by atoms with Crippen LogP contribution in [-0.2, 0) is 12.0 Å². The molecule has 0 bridgehead atoms. The molecule has 92 valence electrons. The van der Waals surface area contributed by atoms with Crippen molar-refractivity contribution in [2.75, 3.05) is 6.61 Å². The summed E-state index contributed by atoms with van der Waals surface area (Å²) in [6.45, 7) is 0.794. The maximum atomic E-state index is 6.60. The Morgan fingerprint density at radius 2 is 2.00 bits per heavy atom. The molecule has 1 fully saturated rings. The summed E-state index contributed by atoms with van der Waals surface area (Å²) in [5, 5.41) is 0. The van der Waals surface area contributed by atoms with E-state index in [1.54, 1.807) is 0 Å². The van der Waals surface area contributed by atoms with E-state index in [0.29, 0.717) is 6.04 Å². The topological polar surface area (TPSA) is 61.3 Å². The molecule has 1 aromatic carbocycles. The Bertz CT molecular complexity index is 422. The zero-order valence-corrected chi connectivity index (χ0v) is 10.1. The van der Waals surface area contributed by atoms with Crippen LogP contribution < -0.4 is 16.2 Å². The van der Waals surface area contributed by atoms with Gasteiger partial charge in [-0.3, -0.25) is 0 Å². The molecule has 3 rings (SSSR count). The molecule has 1 aromatic rings. The highest BCUT2D eigenvalue weighted by molar-refractivity contribution is 5.46. The zero-order valence-electron chi connectivity index (χ0n) is 10.1. The summed E-state index contributed by atoms with van der Waals surface area (Å²) in [6, 6.07) is 6.61. The van der Waals surface area contributed by atoms with Gasteiger partial charge in [-0.2, -0.15) is 0 Å². The quantitative estimate of drug-likeness (QED) is 0.774. The van der Waals surface area contributed by atoms with E-state index in [2.05, 4.69) is 12.1 Å². The summed E-state index contributed by atoms with van der Waals surface area (Å²) in [5.41, 5.74) is 15.0. The van der Waals surface area contributed by atoms with E-state index in [-0.39, 0.29) is 5.54 Å². The molecule has 0 saturated heterocycles. The van der Waals surface area contributed by atoms with Gasteiger partial charge in [0.15, 0.2) is 0 Å². The molecule has 3 nitrogen and oxygen atoms in total. The van der Waals surface area contributed by atoms with Crippen LogP contribution >= 0.6 is 0 Å². The van der Waals surface area contributed by atoms with Gasteiger partial charge in [0.05, 0.1) is 6.61 Å². The van der Waals surface area contributed by atoms with Gasteiger partial charge in [-0.1, -0.05) is 12.1 Å². The molecule has 0 aromatic heterocycles. The Hall–Kier alpha value is -1.06. The Morgan fingerprint density at radius 3 is 2.76 bits per heavy atom. The predicted octanol–water partition coefficient (Wildman–Crippen LogP) is 1.68. The van der Waals surface area contributed by atoms with Gasteiger partial charge in [-0.05, 0) is 37.3 Å². The van der Waals surface area contributed by atoms with Crippen LogP contribution in [0.5, 0.6) is 5.75 Å². The molecule has 4 N–H and O–H groups in total. The molecule has 0 unspecified atom stereocenters. The van der Waals surface area contributed by atoms with E-state index in [9.17, 15) is 0 Å². The lowest BCUT2D eigenvalue weighted by Gasteiger charge is -2.37. The van der Waals surface area contributed by atoms with E-state index in [4.69, 9.17) is 16.2 Å². The van der Waals surface area contributed by atoms with Gasteiger partial charge in [0.2, 0.25) is 0 Å². The highest BCUT2D eigenvalue weighted by Gasteiger charge is 2.35. The van der Waals surface area contributed by atoms with Gasteiger partial charge < -0.3 is 16.2 Å². The molecule has 0 atom stereocenters. The smallest absolute Gasteiger partial charge is 0.122 e. The number of hydrogen-bond donors (Lipinski definition) is 2. The van der Waals surface area contributed by atoms with Crippen molar-refractivity contribution in [1.29, 1.82) is 0 Å². The summed E-state index contributed by atoms with van der Waals surface area (Å²) in [7, 11) is 0. The second-order valence-electron chi connectivity index (χ2n) is 5.37. The lowest BCUT2D eigenvalue weighted by molar-refractivity contribution is 0.276. The highest BCUT2D eigenvalue weighted by atomic mass is 16.5. The predicted molar refractivity (Wildman–Crippen MR) is 67.9 cm³/mol. The lowest BCUT2D eigenvalue weighted by atomic mass is 9.74. The van der Waals surface area contributed by atoms with Gasteiger partial charge in [-0.25, -0.2) is 0 Å². The molecule has 1 aliphatic heterocycles. The van der Waals surface area contributed by atoms with Gasteiger partial charge >= 0.3 is 0 Å². The second kappa shape index (κ2) is 4.00. The molecule has 0 spiro atoms. The van der Waals surface area contributed by atoms with Crippen LogP contribution in [0.3, 0.4) is 0 Å². The monoisotopic (exact) mass is 232 g/mol. The number of benzene rings is 1. The van der Waals surface area contributed by atoms with Crippen LogP contribution in [0.15, 0.2) is 18.2 Å². The van der Waals surface area contributed by atoms with Crippen molar-refractivity contribution in [1.82, 2.24) is 0 Å². The fourth-order valence-corrected chi connectivity index (χ4v) is 3.11. The Labute approximate surface area is 102 Å². The molecule has 2 aliphatic rings. The molecule has 3 heteroatoms. The molecular weight excluding hydrogens is 212 g/mol. The van der Waals surface area contributed by atoms with Crippen molar-refractivity contribution in [3.05, 3.63) is 29.3 Å². The first-order valence-corrected chi connectivity index (χ1v) is 6.49. The largest absolute Gasteiger partial charge is 0.493 e. The fraction of sp³-hybridized carbons (Fsp3) is 0.571. The van der Waals surface area contributed by atoms with E-state index in [1.165, 1.54) is 11.1 Å². The molecule has 0 radical (unpaired) electrons. The highest BCUT2D eigenvalue weighted by Crippen LogP contribution is 2.40. The lowest BCUT2D eigenvalue weighted by Crippen LogP contribution is -2.44. The van der Waals surface area contributed by atoms with E-state index in [0.717, 1.165) is 44.5 Å². The second-order valence-corrected chi connectivity index (χ2v) is 5.37. The number of hydrogen-bond acceptors (Lipinski definition) is 3. The van der Waals surface area contributed by atoms with Crippen molar-refractivity contribution < 1.29 is 4.74 Å². The van der Waals surface area contributed by atoms with Gasteiger partial charge in [0.25, 0.3) is 0 Å². The van der Waals surface area contributed by atoms with Crippen LogP contribution in [0.1, 0.15) is 36.8 Å². The maximum Gasteiger partial charge on any atom is 0.122 e. The van der Waals surface area contributed by atoms with Crippen molar-refractivity contribution >= 4 is 0 Å². The minimum absolute atomic E-state index is 0.186. The van der Waals surface area contributed by atoms with Gasteiger partial charge in [0.1, 0.15) is 5.75 Å². The van der Waals surface area contributed by atoms with Crippen LogP contribution in [-0.4, -0.2) is 12.6 Å². The first kappa shape index (κ1) is 11.1. The summed E-state index contributed by atoms with van der Waals surface area (Å²) in [4.78, 5) is 0. The maximum absolute atomic E-state index is 6.60. The third kappa shape index (κ3) is 1.83. The first-order valence-electron chi connectivity index (χ1n) is 6.49. The standard InChI is InChI=1S/C14H20N2O/c15-10-4-7-14(16,8-5-10)12-2-1-3-13-11(12)6-9-17-13/h1-3,10H,4-9,15-16H2. The summed E-state index contributed by atoms with van der Waals surface area (Å²) < 4.78 is 5.62. The molecule has 17 heavy (non-hydrogen) atoms. The minimum Gasteiger partial charge on any atom is -0.493 e. The van der Waals surface area contributed by atoms with Gasteiger partial charge in [-0.15, -0.1) is 0 Å². The fourth-order valence-electron chi connectivity index (χ4n) is 3.11. The summed E-state index contributed by atoms with van der Waals surface area (Å²) in [5.74, 6) is 1.03. The van der Waals surface area contributed by atoms with Crippen LogP contribution in [0.4, 0.5) is 0 Å². The number of fused-ring (bicyclic) bond motifs is 1. The summed E-state index contributed by atoms with van der Waals surface area (Å²) in [6.07, 6.45) is 5.04. The van der Waals surface area contributed by atoms with Crippen molar-refractivity contribution in [3.8, 4) is 5.75 Å². The zero-order chi connectivity index (χ0) is 11.9. The van der Waals surface area contributed by atoms with Crippen molar-refractivity contribution in [2.45, 2.75) is 43.7 Å². The van der Waals surface area contributed by atoms with Crippen LogP contribution in [0.2, 0.25) is 0 Å². The molecule has 1 saturated carbocycles. The van der Waals surface area contributed by atoms with Crippen LogP contribution in [0.25, 0.3) is 0 Å². The normalized spacial score (nSPS) is 32.0. The van der Waals surface area contributed by atoms with Crippen molar-refractivity contribution in [2.24, 2.45) is 11.5 Å². The number of ether oxygens (including phenoxy) is 1. The van der Waals surface area contributed by atoms with Crippen LogP contribution in [0, 0.1) is 0 Å². The van der Waals surface area contributed by atoms with E-state index < -0.39 is 0 Å². The van der Waals surface area contributed by atoms with E-state index in [1.807, 2.05) is 6.07 Å². The van der Waals surface area contributed by atoms with Gasteiger partial charge in [0, 0.05) is 23.6 Å². The van der Waals surface area contributed by atoms with E-state index >= 15 is 0 Å². The average molecular weight is 232 g/mol. The average Bonchev–Trinajstić information content (AvgIpc) is 2.81. The third-order valence-electron chi connectivity index (χ3n) is 4.20. The summed E-state index contributed by atoms with van der Waals surface area (Å²) >= 11 is 0. The number of nitrogens with two attached hydrogens (primary N) is 2. The van der Waals surface area contributed by atoms with Crippen molar-refractivity contribution in [3.63, 3.8) is 0 Å². The Morgan fingerprint density at radius 1 is 1.24 bits per heavy atom. The molecular formula is C14H20N2O. The first-order chi connectivity index (χ1) is 8.19. The Balaban J connectivity index is 1.96. The Kier molecular flexibility index (Phi) is 2.60. The SMILES string of the molecule is NC1CCC(N)(c2cccc3c2CCO3)CC1. The number of rotatable bonds is 1.